The molecule has 0 fully saturated rings. The van der Waals surface area contributed by atoms with Crippen molar-refractivity contribution in [3.8, 4) is 0 Å². The van der Waals surface area contributed by atoms with Gasteiger partial charge in [-0.05, 0) is 6.92 Å². The highest BCUT2D eigenvalue weighted by Crippen LogP contribution is 2.30. The summed E-state index contributed by atoms with van der Waals surface area (Å²) < 4.78 is 10.2. The van der Waals surface area contributed by atoms with Crippen LogP contribution in [-0.4, -0.2) is 56.1 Å². The Kier molecular flexibility index (Phi) is 6.50. The Morgan fingerprint density at radius 3 is 2.68 bits per heavy atom. The number of thiazole rings is 1. The van der Waals surface area contributed by atoms with E-state index in [9.17, 15) is 4.79 Å². The highest BCUT2D eigenvalue weighted by atomic mass is 35.5. The number of nitrogens with zero attached hydrogens (tertiary/aromatic N) is 2. The minimum absolute atomic E-state index is 0.0135. The molecule has 8 heteroatoms. The molecule has 1 aromatic rings. The first-order valence-electron chi connectivity index (χ1n) is 5.65. The molecule has 0 aliphatic heterocycles. The van der Waals surface area contributed by atoms with Crippen molar-refractivity contribution in [3.05, 3.63) is 10.0 Å². The van der Waals surface area contributed by atoms with Gasteiger partial charge in [-0.25, -0.2) is 9.78 Å². The summed E-state index contributed by atoms with van der Waals surface area (Å²) in [4.78, 5) is 17.1. The van der Waals surface area contributed by atoms with E-state index in [1.54, 1.807) is 14.2 Å². The molecule has 108 valence electrons. The van der Waals surface area contributed by atoms with Gasteiger partial charge in [-0.15, -0.1) is 0 Å². The summed E-state index contributed by atoms with van der Waals surface area (Å²) in [5, 5.41) is 9.57. The number of ether oxygens (including phenoxy) is 2. The average Bonchev–Trinajstić information content (AvgIpc) is 2.72. The topological polar surface area (TPSA) is 71.9 Å². The first-order chi connectivity index (χ1) is 9.01. The standard InChI is InChI=1S/C11H17ClN2O4S/c1-7(6-18-3)14(4-5-17-2)11-13-9(12)8(19-11)10(15)16/h7H,4-6H2,1-3H3,(H,15,16). The zero-order valence-electron chi connectivity index (χ0n) is 11.1. The molecule has 0 aliphatic rings. The molecule has 0 amide bonds. The van der Waals surface area contributed by atoms with Crippen LogP contribution < -0.4 is 4.90 Å². The summed E-state index contributed by atoms with van der Waals surface area (Å²) in [6.07, 6.45) is 0. The summed E-state index contributed by atoms with van der Waals surface area (Å²) in [6.45, 7) is 3.57. The molecule has 1 aromatic heterocycles. The van der Waals surface area contributed by atoms with Crippen molar-refractivity contribution < 1.29 is 19.4 Å². The first-order valence-corrected chi connectivity index (χ1v) is 6.84. The van der Waals surface area contributed by atoms with Crippen LogP contribution in [-0.2, 0) is 9.47 Å². The van der Waals surface area contributed by atoms with Crippen molar-refractivity contribution in [2.75, 3.05) is 38.9 Å². The lowest BCUT2D eigenvalue weighted by molar-refractivity contribution is 0.0702. The van der Waals surface area contributed by atoms with Crippen LogP contribution in [0.3, 0.4) is 0 Å². The summed E-state index contributed by atoms with van der Waals surface area (Å²) in [7, 11) is 3.22. The molecule has 1 atom stereocenters. The van der Waals surface area contributed by atoms with E-state index in [0.29, 0.717) is 24.9 Å². The van der Waals surface area contributed by atoms with E-state index < -0.39 is 5.97 Å². The Morgan fingerprint density at radius 2 is 2.21 bits per heavy atom. The predicted octanol–water partition coefficient (Wildman–Crippen LogP) is 1.98. The van der Waals surface area contributed by atoms with Crippen LogP contribution >= 0.6 is 22.9 Å². The number of aromatic carboxylic acids is 1. The maximum absolute atomic E-state index is 11.0. The van der Waals surface area contributed by atoms with Gasteiger partial charge in [-0.3, -0.25) is 0 Å². The molecule has 6 nitrogen and oxygen atoms in total. The minimum atomic E-state index is -1.07. The largest absolute Gasteiger partial charge is 0.477 e. The van der Waals surface area contributed by atoms with Crippen LogP contribution in [0.5, 0.6) is 0 Å². The van der Waals surface area contributed by atoms with Crippen LogP contribution in [0.15, 0.2) is 0 Å². The molecule has 1 heterocycles. The smallest absolute Gasteiger partial charge is 0.349 e. The van der Waals surface area contributed by atoms with Crippen molar-refractivity contribution in [1.82, 2.24) is 4.98 Å². The Morgan fingerprint density at radius 1 is 1.53 bits per heavy atom. The number of rotatable bonds is 8. The summed E-state index contributed by atoms with van der Waals surface area (Å²) in [5.41, 5.74) is 0. The molecule has 0 aliphatic carbocycles. The number of hydrogen-bond acceptors (Lipinski definition) is 6. The van der Waals surface area contributed by atoms with Crippen molar-refractivity contribution >= 4 is 34.0 Å². The molecule has 0 aromatic carbocycles. The fraction of sp³-hybridized carbons (Fsp3) is 0.636. The molecular weight excluding hydrogens is 292 g/mol. The third-order valence-electron chi connectivity index (χ3n) is 2.49. The summed E-state index contributed by atoms with van der Waals surface area (Å²) >= 11 is 6.88. The van der Waals surface area contributed by atoms with E-state index in [0.717, 1.165) is 11.3 Å². The zero-order valence-corrected chi connectivity index (χ0v) is 12.6. The van der Waals surface area contributed by atoms with Crippen LogP contribution in [0.2, 0.25) is 5.15 Å². The fourth-order valence-corrected chi connectivity index (χ4v) is 2.82. The fourth-order valence-electron chi connectivity index (χ4n) is 1.57. The Bertz CT molecular complexity index is 427. The van der Waals surface area contributed by atoms with Gasteiger partial charge in [0.15, 0.2) is 15.2 Å². The van der Waals surface area contributed by atoms with E-state index in [1.165, 1.54) is 0 Å². The Hall–Kier alpha value is -0.890. The van der Waals surface area contributed by atoms with Crippen LogP contribution in [0, 0.1) is 0 Å². The molecule has 19 heavy (non-hydrogen) atoms. The second kappa shape index (κ2) is 7.64. The molecule has 1 N–H and O–H groups in total. The maximum atomic E-state index is 11.0. The van der Waals surface area contributed by atoms with E-state index in [1.807, 2.05) is 11.8 Å². The maximum Gasteiger partial charge on any atom is 0.349 e. The number of carboxylic acid groups (broad SMARTS) is 1. The normalized spacial score (nSPS) is 12.4. The quantitative estimate of drug-likeness (QED) is 0.792. The summed E-state index contributed by atoms with van der Waals surface area (Å²) in [6, 6.07) is 0.0454. The highest BCUT2D eigenvalue weighted by molar-refractivity contribution is 7.18. The van der Waals surface area contributed by atoms with Gasteiger partial charge in [0, 0.05) is 20.8 Å². The number of carboxylic acids is 1. The number of carbonyl (C=O) groups is 1. The third kappa shape index (κ3) is 4.31. The summed E-state index contributed by atoms with van der Waals surface area (Å²) in [5.74, 6) is -1.07. The molecule has 1 rings (SSSR count). The van der Waals surface area contributed by atoms with E-state index in [2.05, 4.69) is 4.98 Å². The van der Waals surface area contributed by atoms with Gasteiger partial charge in [0.05, 0.1) is 19.3 Å². The molecule has 0 spiro atoms. The zero-order chi connectivity index (χ0) is 14.4. The minimum Gasteiger partial charge on any atom is -0.477 e. The number of halogens is 1. The second-order valence-electron chi connectivity index (χ2n) is 3.91. The van der Waals surface area contributed by atoms with Gasteiger partial charge < -0.3 is 19.5 Å². The molecule has 0 radical (unpaired) electrons. The molecule has 0 saturated carbocycles. The van der Waals surface area contributed by atoms with Gasteiger partial charge >= 0.3 is 5.97 Å². The van der Waals surface area contributed by atoms with Crippen molar-refractivity contribution in [3.63, 3.8) is 0 Å². The van der Waals surface area contributed by atoms with Gasteiger partial charge in [0.25, 0.3) is 0 Å². The average molecular weight is 309 g/mol. The lowest BCUT2D eigenvalue weighted by Gasteiger charge is -2.27. The van der Waals surface area contributed by atoms with E-state index >= 15 is 0 Å². The van der Waals surface area contributed by atoms with E-state index in [-0.39, 0.29) is 16.1 Å². The Balaban J connectivity index is 2.96. The van der Waals surface area contributed by atoms with Gasteiger partial charge in [0.2, 0.25) is 0 Å². The number of aromatic nitrogens is 1. The monoisotopic (exact) mass is 308 g/mol. The second-order valence-corrected chi connectivity index (χ2v) is 5.25. The van der Waals surface area contributed by atoms with Crippen LogP contribution in [0.1, 0.15) is 16.6 Å². The molecule has 0 saturated heterocycles. The van der Waals surface area contributed by atoms with Crippen molar-refractivity contribution in [1.29, 1.82) is 0 Å². The first kappa shape index (κ1) is 16.2. The molecule has 0 bridgehead atoms. The highest BCUT2D eigenvalue weighted by Gasteiger charge is 2.22. The van der Waals surface area contributed by atoms with Gasteiger partial charge in [0.1, 0.15) is 0 Å². The number of methoxy groups -OCH3 is 2. The van der Waals surface area contributed by atoms with E-state index in [4.69, 9.17) is 26.2 Å². The SMILES string of the molecule is COCCN(c1nc(Cl)c(C(=O)O)s1)C(C)COC. The lowest BCUT2D eigenvalue weighted by Crippen LogP contribution is -2.38. The molecule has 1 unspecified atom stereocenters. The van der Waals surface area contributed by atoms with Gasteiger partial charge in [-0.2, -0.15) is 0 Å². The molecular formula is C11H17ClN2O4S. The van der Waals surface area contributed by atoms with Crippen LogP contribution in [0.25, 0.3) is 0 Å². The van der Waals surface area contributed by atoms with Gasteiger partial charge in [-0.1, -0.05) is 22.9 Å². The number of anilines is 1. The van der Waals surface area contributed by atoms with Crippen molar-refractivity contribution in [2.24, 2.45) is 0 Å². The predicted molar refractivity (Wildman–Crippen MR) is 74.6 cm³/mol. The lowest BCUT2D eigenvalue weighted by atomic mass is 10.3. The third-order valence-corrected chi connectivity index (χ3v) is 3.96. The number of hydrogen-bond donors (Lipinski definition) is 1. The van der Waals surface area contributed by atoms with Crippen LogP contribution in [0.4, 0.5) is 5.13 Å². The van der Waals surface area contributed by atoms with Crippen molar-refractivity contribution in [2.45, 2.75) is 13.0 Å². The Labute approximate surface area is 120 Å².